The molecule has 2 heteroatoms. The van der Waals surface area contributed by atoms with Crippen LogP contribution < -0.4 is 5.32 Å². The van der Waals surface area contributed by atoms with Crippen LogP contribution in [0.2, 0.25) is 0 Å². The van der Waals surface area contributed by atoms with Crippen molar-refractivity contribution >= 4 is 5.91 Å². The van der Waals surface area contributed by atoms with Crippen LogP contribution in [0.4, 0.5) is 0 Å². The summed E-state index contributed by atoms with van der Waals surface area (Å²) in [6.07, 6.45) is 6.38. The normalized spacial score (nSPS) is 38.4. The van der Waals surface area contributed by atoms with Gasteiger partial charge in [-0.1, -0.05) is 12.2 Å². The molecule has 0 aromatic rings. The Labute approximate surface area is 65.0 Å². The molecule has 0 aromatic carbocycles. The Hall–Kier alpha value is -1.05. The van der Waals surface area contributed by atoms with Crippen LogP contribution in [-0.4, -0.2) is 5.91 Å². The SMILES string of the molecule is O=C1CC2=CC3CC3C=C2N1. The van der Waals surface area contributed by atoms with Crippen molar-refractivity contribution < 1.29 is 4.79 Å². The van der Waals surface area contributed by atoms with Crippen molar-refractivity contribution in [3.05, 3.63) is 23.4 Å². The van der Waals surface area contributed by atoms with E-state index < -0.39 is 0 Å². The lowest BCUT2D eigenvalue weighted by Crippen LogP contribution is -2.12. The smallest absolute Gasteiger partial charge is 0.228 e. The Kier molecular flexibility index (Phi) is 0.799. The minimum atomic E-state index is 0.156. The first kappa shape index (κ1) is 5.58. The maximum atomic E-state index is 10.9. The predicted octanol–water partition coefficient (Wildman–Crippen LogP) is 0.966. The second kappa shape index (κ2) is 1.58. The van der Waals surface area contributed by atoms with Gasteiger partial charge in [-0.25, -0.2) is 0 Å². The number of allylic oxidation sites excluding steroid dienone is 3. The molecule has 0 bridgehead atoms. The fourth-order valence-electron chi connectivity index (χ4n) is 1.93. The molecule has 2 atom stereocenters. The highest BCUT2D eigenvalue weighted by molar-refractivity contribution is 5.87. The van der Waals surface area contributed by atoms with Crippen molar-refractivity contribution in [1.82, 2.24) is 5.32 Å². The Balaban J connectivity index is 2.05. The summed E-state index contributed by atoms with van der Waals surface area (Å²) in [7, 11) is 0. The highest BCUT2D eigenvalue weighted by Gasteiger charge is 2.39. The molecule has 0 spiro atoms. The maximum Gasteiger partial charge on any atom is 0.228 e. The quantitative estimate of drug-likeness (QED) is 0.543. The molecule has 0 radical (unpaired) electrons. The van der Waals surface area contributed by atoms with E-state index in [2.05, 4.69) is 17.5 Å². The summed E-state index contributed by atoms with van der Waals surface area (Å²) in [5, 5.41) is 2.87. The van der Waals surface area contributed by atoms with Crippen LogP contribution in [0.3, 0.4) is 0 Å². The van der Waals surface area contributed by atoms with Gasteiger partial charge in [-0.05, 0) is 23.8 Å². The molecule has 1 saturated heterocycles. The minimum absolute atomic E-state index is 0.156. The van der Waals surface area contributed by atoms with Gasteiger partial charge < -0.3 is 5.32 Å². The van der Waals surface area contributed by atoms with Crippen LogP contribution in [0.25, 0.3) is 0 Å². The molecule has 3 rings (SSSR count). The fraction of sp³-hybridized carbons (Fsp3) is 0.444. The van der Waals surface area contributed by atoms with Gasteiger partial charge in [-0.3, -0.25) is 4.79 Å². The van der Waals surface area contributed by atoms with Crippen LogP contribution in [0.1, 0.15) is 12.8 Å². The maximum absolute atomic E-state index is 10.9. The molecule has 3 aliphatic rings. The van der Waals surface area contributed by atoms with E-state index in [9.17, 15) is 4.79 Å². The molecule has 0 aromatic heterocycles. The van der Waals surface area contributed by atoms with Crippen LogP contribution >= 0.6 is 0 Å². The van der Waals surface area contributed by atoms with Gasteiger partial charge in [0.1, 0.15) is 0 Å². The van der Waals surface area contributed by atoms with E-state index in [0.717, 1.165) is 17.5 Å². The first-order valence-corrected chi connectivity index (χ1v) is 4.06. The van der Waals surface area contributed by atoms with Gasteiger partial charge in [-0.2, -0.15) is 0 Å². The van der Waals surface area contributed by atoms with Gasteiger partial charge in [0.2, 0.25) is 5.91 Å². The van der Waals surface area contributed by atoms with E-state index in [-0.39, 0.29) is 5.91 Å². The van der Waals surface area contributed by atoms with E-state index in [4.69, 9.17) is 0 Å². The number of hydrogen-bond acceptors (Lipinski definition) is 1. The second-order valence-corrected chi connectivity index (χ2v) is 3.56. The zero-order valence-electron chi connectivity index (χ0n) is 6.13. The van der Waals surface area contributed by atoms with Gasteiger partial charge in [0.15, 0.2) is 0 Å². The molecule has 1 aliphatic heterocycles. The third-order valence-corrected chi connectivity index (χ3v) is 2.66. The number of hydrogen-bond donors (Lipinski definition) is 1. The molecule has 1 N–H and O–H groups in total. The third-order valence-electron chi connectivity index (χ3n) is 2.66. The summed E-state index contributed by atoms with van der Waals surface area (Å²) in [6.45, 7) is 0. The highest BCUT2D eigenvalue weighted by atomic mass is 16.1. The van der Waals surface area contributed by atoms with E-state index in [1.807, 2.05) is 0 Å². The highest BCUT2D eigenvalue weighted by Crippen LogP contribution is 2.47. The Morgan fingerprint density at radius 3 is 3.09 bits per heavy atom. The Morgan fingerprint density at radius 2 is 2.18 bits per heavy atom. The van der Waals surface area contributed by atoms with Crippen LogP contribution in [-0.2, 0) is 4.79 Å². The molecule has 11 heavy (non-hydrogen) atoms. The summed E-state index contributed by atoms with van der Waals surface area (Å²) in [4.78, 5) is 10.9. The molecule has 2 unspecified atom stereocenters. The topological polar surface area (TPSA) is 29.1 Å². The van der Waals surface area contributed by atoms with Gasteiger partial charge >= 0.3 is 0 Å². The molecular formula is C9H9NO. The van der Waals surface area contributed by atoms with E-state index >= 15 is 0 Å². The molecule has 2 nitrogen and oxygen atoms in total. The largest absolute Gasteiger partial charge is 0.326 e. The number of rotatable bonds is 0. The molecule has 2 fully saturated rings. The number of fused-ring (bicyclic) bond motifs is 2. The fourth-order valence-corrected chi connectivity index (χ4v) is 1.93. The average molecular weight is 147 g/mol. The van der Waals surface area contributed by atoms with Crippen molar-refractivity contribution in [1.29, 1.82) is 0 Å². The van der Waals surface area contributed by atoms with Crippen molar-refractivity contribution in [2.75, 3.05) is 0 Å². The second-order valence-electron chi connectivity index (χ2n) is 3.56. The van der Waals surface area contributed by atoms with E-state index in [0.29, 0.717) is 6.42 Å². The number of amides is 1. The van der Waals surface area contributed by atoms with Crippen LogP contribution in [0.15, 0.2) is 23.4 Å². The molecule has 1 heterocycles. The van der Waals surface area contributed by atoms with Crippen molar-refractivity contribution in [3.63, 3.8) is 0 Å². The molecule has 1 saturated carbocycles. The van der Waals surface area contributed by atoms with Crippen molar-refractivity contribution in [2.45, 2.75) is 12.8 Å². The zero-order valence-corrected chi connectivity index (χ0v) is 6.13. The first-order valence-electron chi connectivity index (χ1n) is 4.06. The zero-order chi connectivity index (χ0) is 7.42. The third kappa shape index (κ3) is 0.694. The van der Waals surface area contributed by atoms with E-state index in [1.165, 1.54) is 12.0 Å². The lowest BCUT2D eigenvalue weighted by molar-refractivity contribution is -0.118. The summed E-state index contributed by atoms with van der Waals surface area (Å²) in [5.74, 6) is 1.66. The standard InChI is InChI=1S/C9H9NO/c11-9-4-7-2-5-1-6(5)3-8(7)10-9/h2-3,5-6H,1,4H2,(H,10,11). The van der Waals surface area contributed by atoms with Gasteiger partial charge in [-0.15, -0.1) is 0 Å². The summed E-state index contributed by atoms with van der Waals surface area (Å²) in [6, 6.07) is 0. The van der Waals surface area contributed by atoms with Crippen molar-refractivity contribution in [3.8, 4) is 0 Å². The number of carbonyl (C=O) groups is 1. The number of nitrogens with one attached hydrogen (secondary N) is 1. The van der Waals surface area contributed by atoms with Gasteiger partial charge in [0.05, 0.1) is 6.42 Å². The van der Waals surface area contributed by atoms with E-state index in [1.54, 1.807) is 0 Å². The average Bonchev–Trinajstić information content (AvgIpc) is 2.57. The van der Waals surface area contributed by atoms with Crippen LogP contribution in [0.5, 0.6) is 0 Å². The monoisotopic (exact) mass is 147 g/mol. The summed E-state index contributed by atoms with van der Waals surface area (Å²) in [5.41, 5.74) is 2.32. The number of carbonyl (C=O) groups excluding carboxylic acids is 1. The lowest BCUT2D eigenvalue weighted by Gasteiger charge is -2.03. The minimum Gasteiger partial charge on any atom is -0.326 e. The molecule has 56 valence electrons. The van der Waals surface area contributed by atoms with Crippen molar-refractivity contribution in [2.24, 2.45) is 11.8 Å². The molecule has 1 amide bonds. The molecule has 2 aliphatic carbocycles. The molecular weight excluding hydrogens is 138 g/mol. The Bertz CT molecular complexity index is 273. The summed E-state index contributed by atoms with van der Waals surface area (Å²) >= 11 is 0. The first-order chi connectivity index (χ1) is 5.33. The van der Waals surface area contributed by atoms with Crippen LogP contribution in [0, 0.1) is 11.8 Å². The Morgan fingerprint density at radius 1 is 1.36 bits per heavy atom. The summed E-state index contributed by atoms with van der Waals surface area (Å²) < 4.78 is 0. The predicted molar refractivity (Wildman–Crippen MR) is 40.5 cm³/mol. The van der Waals surface area contributed by atoms with Gasteiger partial charge in [0, 0.05) is 5.70 Å². The lowest BCUT2D eigenvalue weighted by atomic mass is 10.0. The van der Waals surface area contributed by atoms with Gasteiger partial charge in [0.25, 0.3) is 0 Å².